The molecule has 4 rings (SSSR count). The summed E-state index contributed by atoms with van der Waals surface area (Å²) in [5, 5.41) is 0.905. The van der Waals surface area contributed by atoms with Gasteiger partial charge in [0, 0.05) is 20.0 Å². The van der Waals surface area contributed by atoms with Crippen molar-refractivity contribution in [1.29, 1.82) is 0 Å². The van der Waals surface area contributed by atoms with E-state index < -0.39 is 6.04 Å². The number of hydrogen-bond donors (Lipinski definition) is 0. The van der Waals surface area contributed by atoms with Gasteiger partial charge in [0.1, 0.15) is 11.9 Å². The monoisotopic (exact) mass is 465 g/mol. The molecule has 0 saturated carbocycles. The molecular weight excluding hydrogens is 441 g/mol. The van der Waals surface area contributed by atoms with Crippen molar-refractivity contribution < 1.29 is 4.79 Å². The van der Waals surface area contributed by atoms with E-state index in [2.05, 4.69) is 12.1 Å². The van der Waals surface area contributed by atoms with Crippen LogP contribution in [0.3, 0.4) is 0 Å². The van der Waals surface area contributed by atoms with Crippen molar-refractivity contribution in [3.8, 4) is 0 Å². The van der Waals surface area contributed by atoms with Crippen molar-refractivity contribution in [3.05, 3.63) is 99.8 Å². The predicted octanol–water partition coefficient (Wildman–Crippen LogP) is 6.54. The summed E-state index contributed by atoms with van der Waals surface area (Å²) in [6.45, 7) is 2.57. The SMILES string of the molecule is CC[C@H](C(=O)N(C)Cc1ccccc1)n1c(Cc2ccccc2)nc2cc(Cl)c(Cl)cc21. The van der Waals surface area contributed by atoms with Gasteiger partial charge in [0.05, 0.1) is 21.1 Å². The molecule has 1 atom stereocenters. The van der Waals surface area contributed by atoms with Crippen LogP contribution in [-0.4, -0.2) is 27.4 Å². The molecule has 6 heteroatoms. The molecule has 164 valence electrons. The van der Waals surface area contributed by atoms with E-state index in [0.717, 1.165) is 28.0 Å². The van der Waals surface area contributed by atoms with E-state index in [1.807, 2.05) is 73.1 Å². The number of amides is 1. The van der Waals surface area contributed by atoms with E-state index in [9.17, 15) is 4.79 Å². The zero-order chi connectivity index (χ0) is 22.7. The topological polar surface area (TPSA) is 38.1 Å². The molecule has 0 fully saturated rings. The van der Waals surface area contributed by atoms with Crippen molar-refractivity contribution >= 4 is 40.1 Å². The first-order chi connectivity index (χ1) is 15.5. The van der Waals surface area contributed by atoms with Crippen LogP contribution >= 0.6 is 23.2 Å². The van der Waals surface area contributed by atoms with Gasteiger partial charge in [0.15, 0.2) is 0 Å². The molecule has 4 nitrogen and oxygen atoms in total. The van der Waals surface area contributed by atoms with Crippen molar-refractivity contribution in [2.45, 2.75) is 32.4 Å². The molecule has 32 heavy (non-hydrogen) atoms. The Labute approximate surface area is 198 Å². The van der Waals surface area contributed by atoms with Crippen molar-refractivity contribution in [1.82, 2.24) is 14.5 Å². The molecular formula is C26H25Cl2N3O. The molecule has 1 heterocycles. The van der Waals surface area contributed by atoms with Crippen molar-refractivity contribution in [2.24, 2.45) is 0 Å². The number of halogens is 2. The second-order valence-electron chi connectivity index (χ2n) is 7.92. The highest BCUT2D eigenvalue weighted by Gasteiger charge is 2.27. The van der Waals surface area contributed by atoms with Crippen molar-refractivity contribution in [3.63, 3.8) is 0 Å². The highest BCUT2D eigenvalue weighted by atomic mass is 35.5. The molecule has 1 aromatic heterocycles. The maximum atomic E-state index is 13.6. The normalized spacial score (nSPS) is 12.1. The van der Waals surface area contributed by atoms with Gasteiger partial charge in [-0.25, -0.2) is 4.98 Å². The van der Waals surface area contributed by atoms with Crippen LogP contribution in [0.4, 0.5) is 0 Å². The minimum atomic E-state index is -0.398. The predicted molar refractivity (Wildman–Crippen MR) is 131 cm³/mol. The lowest BCUT2D eigenvalue weighted by molar-refractivity contribution is -0.134. The number of likely N-dealkylation sites (N-methyl/N-ethyl adjacent to an activating group) is 1. The first-order valence-corrected chi connectivity index (χ1v) is 11.4. The maximum Gasteiger partial charge on any atom is 0.245 e. The van der Waals surface area contributed by atoms with Crippen LogP contribution < -0.4 is 0 Å². The smallest absolute Gasteiger partial charge is 0.245 e. The third kappa shape index (κ3) is 4.67. The lowest BCUT2D eigenvalue weighted by Gasteiger charge is -2.26. The fourth-order valence-corrected chi connectivity index (χ4v) is 4.36. The average Bonchev–Trinajstić information content (AvgIpc) is 3.12. The first kappa shape index (κ1) is 22.4. The van der Waals surface area contributed by atoms with Gasteiger partial charge >= 0.3 is 0 Å². The minimum absolute atomic E-state index is 0.0380. The van der Waals surface area contributed by atoms with Crippen LogP contribution in [0.25, 0.3) is 11.0 Å². The first-order valence-electron chi connectivity index (χ1n) is 10.7. The number of fused-ring (bicyclic) bond motifs is 1. The molecule has 4 aromatic rings. The molecule has 0 aliphatic rings. The molecule has 0 saturated heterocycles. The van der Waals surface area contributed by atoms with E-state index in [0.29, 0.717) is 29.4 Å². The highest BCUT2D eigenvalue weighted by Crippen LogP contribution is 2.32. The van der Waals surface area contributed by atoms with Gasteiger partial charge in [-0.2, -0.15) is 0 Å². The van der Waals surface area contributed by atoms with Gasteiger partial charge < -0.3 is 9.47 Å². The van der Waals surface area contributed by atoms with E-state index in [1.165, 1.54) is 0 Å². The average molecular weight is 466 g/mol. The van der Waals surface area contributed by atoms with E-state index in [1.54, 1.807) is 11.0 Å². The van der Waals surface area contributed by atoms with Gasteiger partial charge in [0.25, 0.3) is 0 Å². The number of imidazole rings is 1. The number of nitrogens with zero attached hydrogens (tertiary/aromatic N) is 3. The van der Waals surface area contributed by atoms with Gasteiger partial charge in [-0.1, -0.05) is 90.8 Å². The van der Waals surface area contributed by atoms with Gasteiger partial charge in [-0.3, -0.25) is 4.79 Å². The molecule has 0 N–H and O–H groups in total. The quantitative estimate of drug-likeness (QED) is 0.310. The Morgan fingerprint density at radius 1 is 0.969 bits per heavy atom. The molecule has 0 aliphatic heterocycles. The second-order valence-corrected chi connectivity index (χ2v) is 8.73. The summed E-state index contributed by atoms with van der Waals surface area (Å²) >= 11 is 12.6. The standard InChI is InChI=1S/C26H25Cl2N3O/c1-3-23(26(32)30(2)17-19-12-8-5-9-13-19)31-24-16-21(28)20(27)15-22(24)29-25(31)14-18-10-6-4-7-11-18/h4-13,15-16,23H,3,14,17H2,1-2H3/t23-/m1/s1. The summed E-state index contributed by atoms with van der Waals surface area (Å²) < 4.78 is 2.04. The summed E-state index contributed by atoms with van der Waals surface area (Å²) in [5.74, 6) is 0.855. The van der Waals surface area contributed by atoms with Crippen molar-refractivity contribution in [2.75, 3.05) is 7.05 Å². The van der Waals surface area contributed by atoms with Crippen LogP contribution in [0.1, 0.15) is 36.3 Å². The van der Waals surface area contributed by atoms with Crippen LogP contribution in [0.2, 0.25) is 10.0 Å². The van der Waals surface area contributed by atoms with Gasteiger partial charge in [-0.15, -0.1) is 0 Å². The lowest BCUT2D eigenvalue weighted by Crippen LogP contribution is -2.34. The van der Waals surface area contributed by atoms with Crippen LogP contribution in [0.15, 0.2) is 72.8 Å². The summed E-state index contributed by atoms with van der Waals surface area (Å²) in [5.41, 5.74) is 3.77. The molecule has 1 amide bonds. The summed E-state index contributed by atoms with van der Waals surface area (Å²) in [4.78, 5) is 20.2. The molecule has 0 spiro atoms. The molecule has 0 aliphatic carbocycles. The Morgan fingerprint density at radius 3 is 2.19 bits per heavy atom. The lowest BCUT2D eigenvalue weighted by atomic mass is 10.1. The van der Waals surface area contributed by atoms with Crippen LogP contribution in [0.5, 0.6) is 0 Å². The Morgan fingerprint density at radius 2 is 1.56 bits per heavy atom. The summed E-state index contributed by atoms with van der Waals surface area (Å²) in [7, 11) is 1.85. The number of benzene rings is 3. The van der Waals surface area contributed by atoms with Gasteiger partial charge in [-0.05, 0) is 29.7 Å². The Kier molecular flexibility index (Phi) is 6.83. The minimum Gasteiger partial charge on any atom is -0.340 e. The third-order valence-corrected chi connectivity index (χ3v) is 6.35. The van der Waals surface area contributed by atoms with E-state index >= 15 is 0 Å². The Balaban J connectivity index is 1.76. The van der Waals surface area contributed by atoms with E-state index in [4.69, 9.17) is 28.2 Å². The second kappa shape index (κ2) is 9.76. The van der Waals surface area contributed by atoms with Crippen LogP contribution in [0, 0.1) is 0 Å². The van der Waals surface area contributed by atoms with Gasteiger partial charge in [0.2, 0.25) is 5.91 Å². The molecule has 0 bridgehead atoms. The molecule has 3 aromatic carbocycles. The highest BCUT2D eigenvalue weighted by molar-refractivity contribution is 6.42. The molecule has 0 radical (unpaired) electrons. The fourth-order valence-electron chi connectivity index (χ4n) is 4.05. The Bertz CT molecular complexity index is 1220. The fraction of sp³-hybridized carbons (Fsp3) is 0.231. The zero-order valence-corrected chi connectivity index (χ0v) is 19.6. The van der Waals surface area contributed by atoms with E-state index in [-0.39, 0.29) is 5.91 Å². The number of carbonyl (C=O) groups is 1. The summed E-state index contributed by atoms with van der Waals surface area (Å²) in [6.07, 6.45) is 1.24. The third-order valence-electron chi connectivity index (χ3n) is 5.63. The molecule has 0 unspecified atom stereocenters. The number of hydrogen-bond acceptors (Lipinski definition) is 2. The van der Waals surface area contributed by atoms with Crippen LogP contribution in [-0.2, 0) is 17.8 Å². The largest absolute Gasteiger partial charge is 0.340 e. The number of carbonyl (C=O) groups excluding carboxylic acids is 1. The number of rotatable bonds is 7. The number of aromatic nitrogens is 2. The maximum absolute atomic E-state index is 13.6. The summed E-state index contributed by atoms with van der Waals surface area (Å²) in [6, 6.07) is 23.3. The Hall–Kier alpha value is -2.82. The zero-order valence-electron chi connectivity index (χ0n) is 18.1.